The number of guanidine groups is 1. The molecule has 31 heavy (non-hydrogen) atoms. The molecule has 0 radical (unpaired) electrons. The molecule has 8 heteroatoms. The van der Waals surface area contributed by atoms with Crippen molar-refractivity contribution in [3.63, 3.8) is 0 Å². The van der Waals surface area contributed by atoms with E-state index in [1.165, 1.54) is 0 Å². The van der Waals surface area contributed by atoms with E-state index in [-0.39, 0.29) is 0 Å². The molecule has 4 rings (SSSR count). The first kappa shape index (κ1) is 20.7. The summed E-state index contributed by atoms with van der Waals surface area (Å²) in [5.74, 6) is 3.45. The molecule has 162 valence electrons. The summed E-state index contributed by atoms with van der Waals surface area (Å²) in [5, 5.41) is 10.7. The number of anilines is 1. The zero-order valence-corrected chi connectivity index (χ0v) is 17.9. The molecule has 2 heterocycles. The van der Waals surface area contributed by atoms with E-state index in [0.29, 0.717) is 31.6 Å². The average molecular weight is 422 g/mol. The summed E-state index contributed by atoms with van der Waals surface area (Å²) in [6.07, 6.45) is 2.67. The Morgan fingerprint density at radius 1 is 1.10 bits per heavy atom. The third-order valence-electron chi connectivity index (χ3n) is 4.81. The quantitative estimate of drug-likeness (QED) is 0.458. The first-order valence-electron chi connectivity index (χ1n) is 10.5. The summed E-state index contributed by atoms with van der Waals surface area (Å²) in [6.45, 7) is 4.01. The number of hydrogen-bond donors (Lipinski definition) is 2. The Balaban J connectivity index is 1.39. The third kappa shape index (κ3) is 5.33. The molecule has 0 saturated heterocycles. The van der Waals surface area contributed by atoms with Crippen molar-refractivity contribution < 1.29 is 14.0 Å². The number of nitrogens with one attached hydrogen (secondary N) is 2. The number of nitrogens with zero attached hydrogens (tertiary/aromatic N) is 3. The van der Waals surface area contributed by atoms with Gasteiger partial charge in [0.2, 0.25) is 0 Å². The standard InChI is InChI=1S/C23H27N5O3/c1-3-6-21-27-22(31-28-21)17-8-4-7-16(13-17)15-25-23(24-2)26-18-9-10-19-20(14-18)30-12-5-11-29-19/h4,7-10,13-14H,3,5-6,11-12,15H2,1-2H3,(H2,24,25,26). The molecule has 8 nitrogen and oxygen atoms in total. The number of benzene rings is 2. The number of fused-ring (bicyclic) bond motifs is 1. The summed E-state index contributed by atoms with van der Waals surface area (Å²) in [7, 11) is 1.74. The SMILES string of the molecule is CCCc1noc(-c2cccc(CNC(=NC)Nc3ccc4c(c3)OCCCO4)c2)n1. The van der Waals surface area contributed by atoms with Crippen LogP contribution in [0.4, 0.5) is 5.69 Å². The van der Waals surface area contributed by atoms with Gasteiger partial charge in [0, 0.05) is 43.8 Å². The Hall–Kier alpha value is -3.55. The molecular formula is C23H27N5O3. The van der Waals surface area contributed by atoms with Crippen LogP contribution in [0.5, 0.6) is 11.5 Å². The van der Waals surface area contributed by atoms with E-state index < -0.39 is 0 Å². The molecule has 0 unspecified atom stereocenters. The Bertz CT molecular complexity index is 1050. The molecule has 3 aromatic rings. The van der Waals surface area contributed by atoms with E-state index in [9.17, 15) is 0 Å². The maximum atomic E-state index is 5.76. The van der Waals surface area contributed by atoms with E-state index in [1.54, 1.807) is 7.05 Å². The van der Waals surface area contributed by atoms with Gasteiger partial charge in [-0.15, -0.1) is 0 Å². The second kappa shape index (κ2) is 9.97. The van der Waals surface area contributed by atoms with Crippen molar-refractivity contribution in [3.05, 3.63) is 53.9 Å². The number of ether oxygens (including phenoxy) is 2. The van der Waals surface area contributed by atoms with Crippen molar-refractivity contribution in [3.8, 4) is 23.0 Å². The van der Waals surface area contributed by atoms with Gasteiger partial charge in [-0.1, -0.05) is 24.2 Å². The molecule has 2 aromatic carbocycles. The van der Waals surface area contributed by atoms with Crippen LogP contribution < -0.4 is 20.1 Å². The highest BCUT2D eigenvalue weighted by Gasteiger charge is 2.12. The van der Waals surface area contributed by atoms with Gasteiger partial charge in [0.15, 0.2) is 23.3 Å². The third-order valence-corrected chi connectivity index (χ3v) is 4.81. The van der Waals surface area contributed by atoms with Crippen LogP contribution in [0.3, 0.4) is 0 Å². The van der Waals surface area contributed by atoms with Crippen LogP contribution in [0.25, 0.3) is 11.5 Å². The normalized spacial score (nSPS) is 13.5. The summed E-state index contributed by atoms with van der Waals surface area (Å²) in [6, 6.07) is 13.8. The molecule has 1 aromatic heterocycles. The Morgan fingerprint density at radius 3 is 2.81 bits per heavy atom. The van der Waals surface area contributed by atoms with E-state index in [4.69, 9.17) is 14.0 Å². The number of aromatic nitrogens is 2. The van der Waals surface area contributed by atoms with Crippen LogP contribution in [-0.4, -0.2) is 36.4 Å². The topological polar surface area (TPSA) is 93.8 Å². The fraction of sp³-hybridized carbons (Fsp3) is 0.348. The Labute approximate surface area is 181 Å². The zero-order chi connectivity index (χ0) is 21.5. The lowest BCUT2D eigenvalue weighted by atomic mass is 10.1. The minimum atomic E-state index is 0.542. The molecule has 0 fully saturated rings. The second-order valence-electron chi connectivity index (χ2n) is 7.23. The van der Waals surface area contributed by atoms with Gasteiger partial charge in [0.25, 0.3) is 5.89 Å². The monoisotopic (exact) mass is 421 g/mol. The van der Waals surface area contributed by atoms with Gasteiger partial charge in [0.1, 0.15) is 0 Å². The first-order chi connectivity index (χ1) is 15.2. The van der Waals surface area contributed by atoms with E-state index in [1.807, 2.05) is 42.5 Å². The predicted octanol–water partition coefficient (Wildman–Crippen LogP) is 4.04. The molecule has 1 aliphatic rings. The van der Waals surface area contributed by atoms with Crippen molar-refractivity contribution in [2.45, 2.75) is 32.7 Å². The smallest absolute Gasteiger partial charge is 0.257 e. The second-order valence-corrected chi connectivity index (χ2v) is 7.23. The van der Waals surface area contributed by atoms with Gasteiger partial charge in [-0.05, 0) is 36.2 Å². The molecule has 0 atom stereocenters. The highest BCUT2D eigenvalue weighted by atomic mass is 16.5. The van der Waals surface area contributed by atoms with Crippen molar-refractivity contribution in [1.82, 2.24) is 15.5 Å². The van der Waals surface area contributed by atoms with Gasteiger partial charge in [-0.25, -0.2) is 0 Å². The van der Waals surface area contributed by atoms with Gasteiger partial charge >= 0.3 is 0 Å². The molecule has 0 spiro atoms. The maximum Gasteiger partial charge on any atom is 0.257 e. The van der Waals surface area contributed by atoms with Crippen molar-refractivity contribution in [2.75, 3.05) is 25.6 Å². The van der Waals surface area contributed by atoms with E-state index >= 15 is 0 Å². The van der Waals surface area contributed by atoms with Crippen LogP contribution >= 0.6 is 0 Å². The Kier molecular flexibility index (Phi) is 6.66. The molecule has 1 aliphatic heterocycles. The summed E-state index contributed by atoms with van der Waals surface area (Å²) >= 11 is 0. The molecular weight excluding hydrogens is 394 g/mol. The van der Waals surface area contributed by atoms with Crippen LogP contribution in [0.2, 0.25) is 0 Å². The number of aliphatic imine (C=N–C) groups is 1. The van der Waals surface area contributed by atoms with Crippen molar-refractivity contribution >= 4 is 11.6 Å². The molecule has 2 N–H and O–H groups in total. The summed E-state index contributed by atoms with van der Waals surface area (Å²) in [4.78, 5) is 8.78. The van der Waals surface area contributed by atoms with Crippen molar-refractivity contribution in [1.29, 1.82) is 0 Å². The molecule has 0 amide bonds. The largest absolute Gasteiger partial charge is 0.490 e. The van der Waals surface area contributed by atoms with Crippen LogP contribution in [0.15, 0.2) is 52.0 Å². The first-order valence-corrected chi connectivity index (χ1v) is 10.5. The molecule has 0 bridgehead atoms. The van der Waals surface area contributed by atoms with Crippen molar-refractivity contribution in [2.24, 2.45) is 4.99 Å². The zero-order valence-electron chi connectivity index (χ0n) is 17.9. The number of hydrogen-bond acceptors (Lipinski definition) is 6. The minimum Gasteiger partial charge on any atom is -0.490 e. The van der Waals surface area contributed by atoms with E-state index in [0.717, 1.165) is 53.4 Å². The lowest BCUT2D eigenvalue weighted by Gasteiger charge is -2.14. The minimum absolute atomic E-state index is 0.542. The maximum absolute atomic E-state index is 5.76. The average Bonchev–Trinajstić information content (AvgIpc) is 3.14. The van der Waals surface area contributed by atoms with Crippen LogP contribution in [0.1, 0.15) is 31.2 Å². The number of rotatable bonds is 6. The van der Waals surface area contributed by atoms with Gasteiger partial charge in [-0.3, -0.25) is 4.99 Å². The van der Waals surface area contributed by atoms with Crippen LogP contribution in [0, 0.1) is 0 Å². The highest BCUT2D eigenvalue weighted by Crippen LogP contribution is 2.32. The fourth-order valence-corrected chi connectivity index (χ4v) is 3.25. The van der Waals surface area contributed by atoms with Gasteiger partial charge in [-0.2, -0.15) is 4.98 Å². The number of aryl methyl sites for hydroxylation is 1. The lowest BCUT2D eigenvalue weighted by molar-refractivity contribution is 0.297. The fourth-order valence-electron chi connectivity index (χ4n) is 3.25. The Morgan fingerprint density at radius 2 is 1.97 bits per heavy atom. The molecule has 0 saturated carbocycles. The van der Waals surface area contributed by atoms with Gasteiger partial charge in [0.05, 0.1) is 13.2 Å². The van der Waals surface area contributed by atoms with E-state index in [2.05, 4.69) is 32.7 Å². The van der Waals surface area contributed by atoms with Crippen LogP contribution in [-0.2, 0) is 13.0 Å². The van der Waals surface area contributed by atoms with Gasteiger partial charge < -0.3 is 24.6 Å². The lowest BCUT2D eigenvalue weighted by Crippen LogP contribution is -2.30. The molecule has 0 aliphatic carbocycles. The summed E-state index contributed by atoms with van der Waals surface area (Å²) in [5.41, 5.74) is 2.86. The predicted molar refractivity (Wildman–Crippen MR) is 120 cm³/mol. The highest BCUT2D eigenvalue weighted by molar-refractivity contribution is 5.93. The summed E-state index contributed by atoms with van der Waals surface area (Å²) < 4.78 is 16.8.